The molecule has 0 unspecified atom stereocenters. The molecule has 9 heteroatoms. The third kappa shape index (κ3) is 4.62. The Labute approximate surface area is 199 Å². The predicted molar refractivity (Wildman–Crippen MR) is 124 cm³/mol. The molecule has 1 aliphatic rings. The smallest absolute Gasteiger partial charge is 0.335 e. The Morgan fingerprint density at radius 2 is 1.74 bits per heavy atom. The van der Waals surface area contributed by atoms with Crippen molar-refractivity contribution in [2.75, 3.05) is 12.0 Å². The molecule has 34 heavy (non-hydrogen) atoms. The highest BCUT2D eigenvalue weighted by molar-refractivity contribution is 6.42. The standard InChI is InChI=1S/C25H18ClFN2O5/c1-33-22-13-15(10-11-21(22)34-14-16-6-2-4-8-19(16)27)12-17-23(30)28-25(32)29(24(17)31)20-9-5-3-7-18(20)26/h2-13H,14H2,1H3,(H,28,30,32)/b17-12+. The number of imide groups is 2. The van der Waals surface area contributed by atoms with Crippen LogP contribution in [0.2, 0.25) is 5.02 Å². The van der Waals surface area contributed by atoms with Gasteiger partial charge in [-0.05, 0) is 42.0 Å². The zero-order valence-corrected chi connectivity index (χ0v) is 18.6. The van der Waals surface area contributed by atoms with Gasteiger partial charge in [-0.15, -0.1) is 0 Å². The molecule has 1 aliphatic heterocycles. The summed E-state index contributed by atoms with van der Waals surface area (Å²) in [6.45, 7) is -0.0146. The van der Waals surface area contributed by atoms with Crippen LogP contribution in [0.3, 0.4) is 0 Å². The van der Waals surface area contributed by atoms with E-state index in [4.69, 9.17) is 21.1 Å². The van der Waals surface area contributed by atoms with Crippen molar-refractivity contribution in [1.82, 2.24) is 5.32 Å². The summed E-state index contributed by atoms with van der Waals surface area (Å²) in [5.41, 5.74) is 0.715. The zero-order chi connectivity index (χ0) is 24.2. The number of amides is 4. The molecule has 1 N–H and O–H groups in total. The molecule has 0 atom stereocenters. The normalized spacial score (nSPS) is 14.9. The number of hydrogen-bond acceptors (Lipinski definition) is 5. The first kappa shape index (κ1) is 23.0. The number of hydrogen-bond donors (Lipinski definition) is 1. The lowest BCUT2D eigenvalue weighted by Crippen LogP contribution is -2.54. The molecule has 0 saturated carbocycles. The third-order valence-corrected chi connectivity index (χ3v) is 5.35. The maximum atomic E-state index is 13.9. The van der Waals surface area contributed by atoms with Crippen molar-refractivity contribution >= 4 is 41.2 Å². The van der Waals surface area contributed by atoms with Crippen LogP contribution in [0.4, 0.5) is 14.9 Å². The second-order valence-electron chi connectivity index (χ2n) is 7.20. The van der Waals surface area contributed by atoms with E-state index in [2.05, 4.69) is 5.32 Å². The lowest BCUT2D eigenvalue weighted by Gasteiger charge is -2.27. The Morgan fingerprint density at radius 1 is 1.00 bits per heavy atom. The summed E-state index contributed by atoms with van der Waals surface area (Å²) in [6, 6.07) is 16.4. The van der Waals surface area contributed by atoms with Crippen LogP contribution in [-0.2, 0) is 16.2 Å². The van der Waals surface area contributed by atoms with Crippen LogP contribution in [0.5, 0.6) is 11.5 Å². The minimum Gasteiger partial charge on any atom is -0.493 e. The van der Waals surface area contributed by atoms with Gasteiger partial charge in [0.15, 0.2) is 11.5 Å². The minimum absolute atomic E-state index is 0.0146. The molecular weight excluding hydrogens is 463 g/mol. The summed E-state index contributed by atoms with van der Waals surface area (Å²) in [7, 11) is 1.43. The van der Waals surface area contributed by atoms with Gasteiger partial charge in [-0.2, -0.15) is 0 Å². The highest BCUT2D eigenvalue weighted by atomic mass is 35.5. The van der Waals surface area contributed by atoms with Crippen molar-refractivity contribution in [2.24, 2.45) is 0 Å². The van der Waals surface area contributed by atoms with Crippen molar-refractivity contribution in [3.63, 3.8) is 0 Å². The lowest BCUT2D eigenvalue weighted by atomic mass is 10.1. The molecule has 4 rings (SSSR count). The van der Waals surface area contributed by atoms with E-state index >= 15 is 0 Å². The fourth-order valence-electron chi connectivity index (χ4n) is 3.34. The van der Waals surface area contributed by atoms with E-state index in [9.17, 15) is 18.8 Å². The Hall–Kier alpha value is -4.17. The molecule has 0 aromatic heterocycles. The SMILES string of the molecule is COc1cc(/C=C2\C(=O)NC(=O)N(c3ccccc3Cl)C2=O)ccc1OCc1ccccc1F. The van der Waals surface area contributed by atoms with Gasteiger partial charge in [0, 0.05) is 5.56 Å². The summed E-state index contributed by atoms with van der Waals surface area (Å²) in [5.74, 6) is -1.38. The van der Waals surface area contributed by atoms with Gasteiger partial charge >= 0.3 is 6.03 Å². The van der Waals surface area contributed by atoms with Crippen LogP contribution in [0.1, 0.15) is 11.1 Å². The van der Waals surface area contributed by atoms with E-state index < -0.39 is 17.8 Å². The Balaban J connectivity index is 1.61. The highest BCUT2D eigenvalue weighted by Crippen LogP contribution is 2.32. The molecule has 0 bridgehead atoms. The number of barbiturate groups is 1. The molecule has 0 radical (unpaired) electrons. The maximum Gasteiger partial charge on any atom is 0.335 e. The predicted octanol–water partition coefficient (Wildman–Crippen LogP) is 4.73. The van der Waals surface area contributed by atoms with E-state index in [1.54, 1.807) is 48.5 Å². The summed E-state index contributed by atoms with van der Waals surface area (Å²) < 4.78 is 24.9. The number of nitrogens with zero attached hydrogens (tertiary/aromatic N) is 1. The number of carbonyl (C=O) groups excluding carboxylic acids is 3. The number of anilines is 1. The molecule has 172 valence electrons. The highest BCUT2D eigenvalue weighted by Gasteiger charge is 2.37. The van der Waals surface area contributed by atoms with Crippen LogP contribution >= 0.6 is 11.6 Å². The number of carbonyl (C=O) groups is 3. The second-order valence-corrected chi connectivity index (χ2v) is 7.61. The Kier molecular flexibility index (Phi) is 6.60. The lowest BCUT2D eigenvalue weighted by molar-refractivity contribution is -0.122. The number of ether oxygens (including phenoxy) is 2. The molecule has 1 saturated heterocycles. The monoisotopic (exact) mass is 480 g/mol. The summed E-state index contributed by atoms with van der Waals surface area (Å²) in [6.07, 6.45) is 1.33. The van der Waals surface area contributed by atoms with Crippen LogP contribution < -0.4 is 19.7 Å². The number of nitrogens with one attached hydrogen (secondary N) is 1. The maximum absolute atomic E-state index is 13.9. The summed E-state index contributed by atoms with van der Waals surface area (Å²) in [4.78, 5) is 38.6. The second kappa shape index (κ2) is 9.76. The molecular formula is C25H18ClFN2O5. The first-order valence-electron chi connectivity index (χ1n) is 10.1. The van der Waals surface area contributed by atoms with Gasteiger partial charge in [-0.1, -0.05) is 48.0 Å². The number of para-hydroxylation sites is 1. The quantitative estimate of drug-likeness (QED) is 0.407. The van der Waals surface area contributed by atoms with E-state index in [0.29, 0.717) is 22.6 Å². The fourth-order valence-corrected chi connectivity index (χ4v) is 3.56. The average Bonchev–Trinajstić information content (AvgIpc) is 2.82. The van der Waals surface area contributed by atoms with E-state index in [1.807, 2.05) is 0 Å². The number of benzene rings is 3. The fraction of sp³-hybridized carbons (Fsp3) is 0.0800. The molecule has 4 amide bonds. The number of urea groups is 1. The first-order valence-corrected chi connectivity index (χ1v) is 10.5. The minimum atomic E-state index is -0.894. The first-order chi connectivity index (χ1) is 16.4. The van der Waals surface area contributed by atoms with Gasteiger partial charge in [-0.25, -0.2) is 14.1 Å². The van der Waals surface area contributed by atoms with Crippen LogP contribution in [0.15, 0.2) is 72.3 Å². The van der Waals surface area contributed by atoms with Crippen molar-refractivity contribution in [3.8, 4) is 11.5 Å². The van der Waals surface area contributed by atoms with Crippen LogP contribution in [0.25, 0.3) is 6.08 Å². The van der Waals surface area contributed by atoms with Gasteiger partial charge in [0.25, 0.3) is 11.8 Å². The van der Waals surface area contributed by atoms with Gasteiger partial charge in [0.05, 0.1) is 17.8 Å². The van der Waals surface area contributed by atoms with Crippen molar-refractivity contribution in [3.05, 3.63) is 94.3 Å². The molecule has 0 aliphatic carbocycles. The summed E-state index contributed by atoms with van der Waals surface area (Å²) >= 11 is 6.14. The number of halogens is 2. The van der Waals surface area contributed by atoms with Crippen molar-refractivity contribution in [2.45, 2.75) is 6.61 Å². The molecule has 0 spiro atoms. The van der Waals surface area contributed by atoms with Crippen LogP contribution in [-0.4, -0.2) is 25.0 Å². The van der Waals surface area contributed by atoms with E-state index in [1.165, 1.54) is 31.4 Å². The van der Waals surface area contributed by atoms with Gasteiger partial charge < -0.3 is 9.47 Å². The number of rotatable bonds is 6. The third-order valence-electron chi connectivity index (χ3n) is 5.03. The van der Waals surface area contributed by atoms with Gasteiger partial charge in [-0.3, -0.25) is 14.9 Å². The molecule has 3 aromatic rings. The topological polar surface area (TPSA) is 84.9 Å². The van der Waals surface area contributed by atoms with Crippen molar-refractivity contribution in [1.29, 1.82) is 0 Å². The van der Waals surface area contributed by atoms with Crippen molar-refractivity contribution < 1.29 is 28.2 Å². The summed E-state index contributed by atoms with van der Waals surface area (Å²) in [5, 5.41) is 2.33. The largest absolute Gasteiger partial charge is 0.493 e. The van der Waals surface area contributed by atoms with Gasteiger partial charge in [0.1, 0.15) is 18.0 Å². The number of methoxy groups -OCH3 is 1. The molecule has 1 heterocycles. The van der Waals surface area contributed by atoms with E-state index in [0.717, 1.165) is 4.90 Å². The Bertz CT molecular complexity index is 1320. The van der Waals surface area contributed by atoms with Gasteiger partial charge in [0.2, 0.25) is 0 Å². The van der Waals surface area contributed by atoms with E-state index in [-0.39, 0.29) is 28.7 Å². The average molecular weight is 481 g/mol. The Morgan fingerprint density at radius 3 is 2.47 bits per heavy atom. The molecule has 1 fully saturated rings. The molecule has 3 aromatic carbocycles. The van der Waals surface area contributed by atoms with Crippen LogP contribution in [0, 0.1) is 5.82 Å². The zero-order valence-electron chi connectivity index (χ0n) is 17.9. The molecule has 7 nitrogen and oxygen atoms in total.